The average molecular weight is 428 g/mol. The maximum Gasteiger partial charge on any atom is 0.324 e. The highest BCUT2D eigenvalue weighted by molar-refractivity contribution is 9.10. The number of fused-ring (bicyclic) bond motifs is 1. The van der Waals surface area contributed by atoms with Gasteiger partial charge in [-0.05, 0) is 29.3 Å². The highest BCUT2D eigenvalue weighted by Crippen LogP contribution is 2.41. The molecule has 1 N–H and O–H groups in total. The largest absolute Gasteiger partial charge is 0.422 e. The summed E-state index contributed by atoms with van der Waals surface area (Å²) in [5, 5.41) is 0.952. The second-order valence-electron chi connectivity index (χ2n) is 7.04. The van der Waals surface area contributed by atoms with E-state index in [1.165, 1.54) is 0 Å². The first-order valence-electron chi connectivity index (χ1n) is 8.63. The molecule has 1 aliphatic rings. The standard InChI is InChI=1S/C21H18BrNO4/c1-21(2)26-19(24)18(20(25)27-21)17(12-6-5-7-13(22)10-12)15-11-23-16-9-4-3-8-14(15)16/h3-11,17-18,23H,1-2H3. The van der Waals surface area contributed by atoms with Crippen molar-refractivity contribution in [1.82, 2.24) is 4.98 Å². The van der Waals surface area contributed by atoms with Gasteiger partial charge in [0, 0.05) is 41.3 Å². The number of nitrogens with one attached hydrogen (secondary N) is 1. The van der Waals surface area contributed by atoms with Crippen LogP contribution >= 0.6 is 15.9 Å². The summed E-state index contributed by atoms with van der Waals surface area (Å²) >= 11 is 3.48. The highest BCUT2D eigenvalue weighted by Gasteiger charge is 2.48. The van der Waals surface area contributed by atoms with Gasteiger partial charge in [0.15, 0.2) is 5.92 Å². The van der Waals surface area contributed by atoms with E-state index >= 15 is 0 Å². The molecule has 1 aromatic heterocycles. The number of hydrogen-bond donors (Lipinski definition) is 1. The molecule has 4 rings (SSSR count). The van der Waals surface area contributed by atoms with Crippen molar-refractivity contribution in [1.29, 1.82) is 0 Å². The summed E-state index contributed by atoms with van der Waals surface area (Å²) in [7, 11) is 0. The quantitative estimate of drug-likeness (QED) is 0.492. The van der Waals surface area contributed by atoms with Gasteiger partial charge >= 0.3 is 11.9 Å². The molecule has 0 spiro atoms. The Morgan fingerprint density at radius 3 is 2.44 bits per heavy atom. The first kappa shape index (κ1) is 17.8. The van der Waals surface area contributed by atoms with Gasteiger partial charge in [-0.25, -0.2) is 0 Å². The summed E-state index contributed by atoms with van der Waals surface area (Å²) in [5.41, 5.74) is 2.61. The third kappa shape index (κ3) is 3.25. The predicted molar refractivity (Wildman–Crippen MR) is 104 cm³/mol. The Morgan fingerprint density at radius 2 is 1.74 bits per heavy atom. The molecule has 0 radical (unpaired) electrons. The van der Waals surface area contributed by atoms with Crippen molar-refractivity contribution in [2.45, 2.75) is 25.6 Å². The predicted octanol–water partition coefficient (Wildman–Crippen LogP) is 4.51. The van der Waals surface area contributed by atoms with Crippen LogP contribution in [0.25, 0.3) is 10.9 Å². The lowest BCUT2D eigenvalue weighted by Crippen LogP contribution is -2.48. The molecule has 2 heterocycles. The van der Waals surface area contributed by atoms with E-state index in [1.807, 2.05) is 54.7 Å². The zero-order valence-electron chi connectivity index (χ0n) is 14.9. The number of carbonyl (C=O) groups excluding carboxylic acids is 2. The third-order valence-electron chi connectivity index (χ3n) is 4.70. The second-order valence-corrected chi connectivity index (χ2v) is 7.96. The lowest BCUT2D eigenvalue weighted by atomic mass is 9.80. The Hall–Kier alpha value is -2.60. The number of aromatic nitrogens is 1. The average Bonchev–Trinajstić information content (AvgIpc) is 3.01. The van der Waals surface area contributed by atoms with Crippen LogP contribution in [0.4, 0.5) is 0 Å². The molecular formula is C21H18BrNO4. The normalized spacial score (nSPS) is 18.2. The number of hydrogen-bond acceptors (Lipinski definition) is 4. The molecule has 6 heteroatoms. The van der Waals surface area contributed by atoms with E-state index in [2.05, 4.69) is 20.9 Å². The van der Waals surface area contributed by atoms with E-state index in [4.69, 9.17) is 9.47 Å². The number of rotatable bonds is 3. The molecule has 3 aromatic rings. The first-order chi connectivity index (χ1) is 12.9. The van der Waals surface area contributed by atoms with Crippen molar-refractivity contribution in [2.75, 3.05) is 0 Å². The lowest BCUT2D eigenvalue weighted by molar-refractivity contribution is -0.240. The van der Waals surface area contributed by atoms with Crippen LogP contribution in [0.2, 0.25) is 0 Å². The zero-order chi connectivity index (χ0) is 19.2. The van der Waals surface area contributed by atoms with E-state index in [-0.39, 0.29) is 0 Å². The van der Waals surface area contributed by atoms with E-state index in [1.54, 1.807) is 13.8 Å². The van der Waals surface area contributed by atoms with E-state index in [0.29, 0.717) is 0 Å². The van der Waals surface area contributed by atoms with Gasteiger partial charge in [-0.3, -0.25) is 9.59 Å². The summed E-state index contributed by atoms with van der Waals surface area (Å²) in [4.78, 5) is 28.8. The van der Waals surface area contributed by atoms with Crippen LogP contribution < -0.4 is 0 Å². The molecule has 1 saturated heterocycles. The van der Waals surface area contributed by atoms with Crippen molar-refractivity contribution in [3.8, 4) is 0 Å². The van der Waals surface area contributed by atoms with Crippen molar-refractivity contribution < 1.29 is 19.1 Å². The van der Waals surface area contributed by atoms with Crippen LogP contribution in [-0.2, 0) is 19.1 Å². The van der Waals surface area contributed by atoms with Gasteiger partial charge < -0.3 is 14.5 Å². The minimum atomic E-state index is -1.26. The maximum absolute atomic E-state index is 12.8. The zero-order valence-corrected chi connectivity index (χ0v) is 16.4. The fraction of sp³-hybridized carbons (Fsp3) is 0.238. The topological polar surface area (TPSA) is 68.4 Å². The van der Waals surface area contributed by atoms with Gasteiger partial charge in [0.1, 0.15) is 0 Å². The maximum atomic E-state index is 12.8. The van der Waals surface area contributed by atoms with Crippen LogP contribution in [0.3, 0.4) is 0 Å². The Bertz CT molecular complexity index is 1020. The number of benzene rings is 2. The number of aromatic amines is 1. The van der Waals surface area contributed by atoms with Crippen LogP contribution in [0.1, 0.15) is 30.9 Å². The fourth-order valence-electron chi connectivity index (χ4n) is 3.60. The number of halogens is 1. The van der Waals surface area contributed by atoms with Gasteiger partial charge in [-0.15, -0.1) is 0 Å². The summed E-state index contributed by atoms with van der Waals surface area (Å²) in [5.74, 6) is -4.02. The molecule has 0 amide bonds. The molecule has 0 bridgehead atoms. The molecule has 1 unspecified atom stereocenters. The number of H-pyrrole nitrogens is 1. The third-order valence-corrected chi connectivity index (χ3v) is 5.19. The minimum Gasteiger partial charge on any atom is -0.422 e. The number of cyclic esters (lactones) is 2. The first-order valence-corrected chi connectivity index (χ1v) is 9.42. The van der Waals surface area contributed by atoms with Gasteiger partial charge in [0.2, 0.25) is 0 Å². The summed E-state index contributed by atoms with van der Waals surface area (Å²) in [6.07, 6.45) is 1.84. The van der Waals surface area contributed by atoms with Crippen molar-refractivity contribution in [2.24, 2.45) is 5.92 Å². The molecular weight excluding hydrogens is 410 g/mol. The van der Waals surface area contributed by atoms with Crippen molar-refractivity contribution >= 4 is 38.8 Å². The SMILES string of the molecule is CC1(C)OC(=O)C(C(c2cccc(Br)c2)c2c[nH]c3ccccc23)C(=O)O1. The van der Waals surface area contributed by atoms with Gasteiger partial charge in [-0.2, -0.15) is 0 Å². The summed E-state index contributed by atoms with van der Waals surface area (Å²) in [6, 6.07) is 15.4. The molecule has 2 aromatic carbocycles. The van der Waals surface area contributed by atoms with Crippen molar-refractivity contribution in [3.05, 3.63) is 70.3 Å². The molecule has 0 aliphatic carbocycles. The summed E-state index contributed by atoms with van der Waals surface area (Å²) in [6.45, 7) is 3.11. The molecule has 1 fully saturated rings. The van der Waals surface area contributed by atoms with E-state index in [0.717, 1.165) is 26.5 Å². The Labute approximate surface area is 164 Å². The van der Waals surface area contributed by atoms with Crippen LogP contribution in [0, 0.1) is 5.92 Å². The number of ether oxygens (including phenoxy) is 2. The molecule has 5 nitrogen and oxygen atoms in total. The molecule has 138 valence electrons. The number of esters is 2. The Balaban J connectivity index is 1.89. The highest BCUT2D eigenvalue weighted by atomic mass is 79.9. The molecule has 0 saturated carbocycles. The smallest absolute Gasteiger partial charge is 0.324 e. The monoisotopic (exact) mass is 427 g/mol. The number of carbonyl (C=O) groups is 2. The lowest BCUT2D eigenvalue weighted by Gasteiger charge is -2.36. The molecule has 27 heavy (non-hydrogen) atoms. The Morgan fingerprint density at radius 1 is 1.04 bits per heavy atom. The second kappa shape index (κ2) is 6.53. The van der Waals surface area contributed by atoms with Crippen LogP contribution in [0.5, 0.6) is 0 Å². The van der Waals surface area contributed by atoms with Gasteiger partial charge in [0.25, 0.3) is 5.79 Å². The molecule has 1 atom stereocenters. The fourth-order valence-corrected chi connectivity index (χ4v) is 4.02. The van der Waals surface area contributed by atoms with Crippen molar-refractivity contribution in [3.63, 3.8) is 0 Å². The molecule has 1 aliphatic heterocycles. The van der Waals surface area contributed by atoms with E-state index in [9.17, 15) is 9.59 Å². The minimum absolute atomic E-state index is 0.533. The summed E-state index contributed by atoms with van der Waals surface area (Å²) < 4.78 is 11.7. The van der Waals surface area contributed by atoms with Crippen LogP contribution in [0.15, 0.2) is 59.2 Å². The number of para-hydroxylation sites is 1. The van der Waals surface area contributed by atoms with Gasteiger partial charge in [-0.1, -0.05) is 46.3 Å². The Kier molecular flexibility index (Phi) is 4.30. The van der Waals surface area contributed by atoms with Crippen LogP contribution in [-0.4, -0.2) is 22.7 Å². The van der Waals surface area contributed by atoms with Gasteiger partial charge in [0.05, 0.1) is 0 Å². The van der Waals surface area contributed by atoms with E-state index < -0.39 is 29.6 Å².